The first-order valence-corrected chi connectivity index (χ1v) is 8.03. The number of aliphatic carboxylic acids is 1. The van der Waals surface area contributed by atoms with Crippen LogP contribution in [0, 0.1) is 6.92 Å². The second-order valence-corrected chi connectivity index (χ2v) is 5.70. The van der Waals surface area contributed by atoms with E-state index in [4.69, 9.17) is 14.9 Å². The quantitative estimate of drug-likeness (QED) is 0.330. The minimum Gasteiger partial charge on any atom is -0.505 e. The van der Waals surface area contributed by atoms with E-state index >= 15 is 0 Å². The number of carboxylic acids is 1. The molecule has 4 N–H and O–H groups in total. The van der Waals surface area contributed by atoms with Crippen LogP contribution in [0.25, 0.3) is 0 Å². The third-order valence-corrected chi connectivity index (χ3v) is 3.16. The summed E-state index contributed by atoms with van der Waals surface area (Å²) in [6.07, 6.45) is 4.19. The Morgan fingerprint density at radius 1 is 1.48 bits per heavy atom. The van der Waals surface area contributed by atoms with Gasteiger partial charge in [-0.25, -0.2) is 14.4 Å². The van der Waals surface area contributed by atoms with Crippen LogP contribution in [0.15, 0.2) is 23.0 Å². The summed E-state index contributed by atoms with van der Waals surface area (Å²) in [6, 6.07) is 0. The van der Waals surface area contributed by atoms with E-state index in [1.807, 2.05) is 0 Å². The predicted octanol–water partition coefficient (Wildman–Crippen LogP) is 1.50. The van der Waals surface area contributed by atoms with Gasteiger partial charge in [0, 0.05) is 23.5 Å². The molecule has 0 aromatic carbocycles. The van der Waals surface area contributed by atoms with Crippen molar-refractivity contribution in [2.75, 3.05) is 0 Å². The number of aromatic nitrogens is 1. The summed E-state index contributed by atoms with van der Waals surface area (Å²) in [5.41, 5.74) is 0.265. The van der Waals surface area contributed by atoms with Crippen molar-refractivity contribution in [2.24, 2.45) is 4.99 Å². The third kappa shape index (κ3) is 5.91. The summed E-state index contributed by atoms with van der Waals surface area (Å²) in [4.78, 5) is 36.2. The van der Waals surface area contributed by atoms with Crippen molar-refractivity contribution in [1.29, 1.82) is 0 Å². The van der Waals surface area contributed by atoms with Crippen LogP contribution in [0.2, 0.25) is 0 Å². The Morgan fingerprint density at radius 2 is 2.13 bits per heavy atom. The molecule has 0 saturated heterocycles. The molecule has 0 aliphatic heterocycles. The molecule has 9 nitrogen and oxygen atoms in total. The molecular formula is C13H17N2O7P. The zero-order valence-electron chi connectivity index (χ0n) is 12.5. The number of carboxylic acid groups (broad SMARTS) is 1. The van der Waals surface area contributed by atoms with Gasteiger partial charge in [-0.3, -0.25) is 9.51 Å². The normalized spacial score (nSPS) is 12.8. The van der Waals surface area contributed by atoms with Crippen LogP contribution >= 0.6 is 7.82 Å². The van der Waals surface area contributed by atoms with E-state index in [9.17, 15) is 14.5 Å². The minimum atomic E-state index is -4.70. The Kier molecular flexibility index (Phi) is 6.59. The molecule has 1 rings (SSSR count). The van der Waals surface area contributed by atoms with E-state index in [-0.39, 0.29) is 28.3 Å². The Labute approximate surface area is 132 Å². The van der Waals surface area contributed by atoms with E-state index in [1.54, 1.807) is 6.92 Å². The number of pyridine rings is 1. The van der Waals surface area contributed by atoms with Gasteiger partial charge in [-0.2, -0.15) is 0 Å². The average Bonchev–Trinajstić information content (AvgIpc) is 2.45. The van der Waals surface area contributed by atoms with Crippen molar-refractivity contribution < 1.29 is 33.9 Å². The zero-order chi connectivity index (χ0) is 17.6. The number of phosphoric acid groups is 1. The molecule has 0 spiro atoms. The number of nitrogens with zero attached hydrogens (tertiary/aromatic N) is 2. The fourth-order valence-corrected chi connectivity index (χ4v) is 1.90. The Bertz CT molecular complexity index is 694. The van der Waals surface area contributed by atoms with Crippen LogP contribution < -0.4 is 0 Å². The van der Waals surface area contributed by atoms with Crippen molar-refractivity contribution in [3.05, 3.63) is 34.8 Å². The monoisotopic (exact) mass is 344 g/mol. The number of allylic oxidation sites excluding steroid dienone is 1. The van der Waals surface area contributed by atoms with Gasteiger partial charge in [-0.05, 0) is 13.3 Å². The maximum atomic E-state index is 11.0. The van der Waals surface area contributed by atoms with Gasteiger partial charge in [0.1, 0.15) is 11.4 Å². The number of aromatic hydroxyl groups is 1. The summed E-state index contributed by atoms with van der Waals surface area (Å²) in [5, 5.41) is 19.0. The lowest BCUT2D eigenvalue weighted by molar-refractivity contribution is -0.132. The van der Waals surface area contributed by atoms with Gasteiger partial charge in [0.25, 0.3) is 0 Å². The standard InChI is InChI=1S/C13H17N2O7P/c1-3-4-11(13(17)18)15-6-10-9(7-22-23(19,20)21)5-14-8(2)12(10)16/h4-6,16H,3,7H2,1-2H3,(H,17,18)(H2,19,20,21)/b11-4+,15-6?. The maximum Gasteiger partial charge on any atom is 0.469 e. The molecule has 0 atom stereocenters. The molecule has 1 heterocycles. The molecule has 0 saturated carbocycles. The number of aliphatic imine (C=N–C) groups is 1. The smallest absolute Gasteiger partial charge is 0.469 e. The van der Waals surface area contributed by atoms with Gasteiger partial charge in [0.2, 0.25) is 0 Å². The van der Waals surface area contributed by atoms with E-state index in [2.05, 4.69) is 14.5 Å². The van der Waals surface area contributed by atoms with Gasteiger partial charge in [0.05, 0.1) is 12.3 Å². The highest BCUT2D eigenvalue weighted by Gasteiger charge is 2.17. The minimum absolute atomic E-state index is 0.0780. The van der Waals surface area contributed by atoms with Crippen molar-refractivity contribution in [3.63, 3.8) is 0 Å². The van der Waals surface area contributed by atoms with Crippen LogP contribution in [0.3, 0.4) is 0 Å². The first kappa shape index (κ1) is 19.0. The summed E-state index contributed by atoms with van der Waals surface area (Å²) >= 11 is 0. The Balaban J connectivity index is 3.22. The average molecular weight is 344 g/mol. The van der Waals surface area contributed by atoms with Gasteiger partial charge in [-0.15, -0.1) is 0 Å². The fraction of sp³-hybridized carbons (Fsp3) is 0.308. The van der Waals surface area contributed by atoms with Crippen molar-refractivity contribution in [2.45, 2.75) is 26.9 Å². The summed E-state index contributed by atoms with van der Waals surface area (Å²) in [6.45, 7) is 2.73. The Hall–Kier alpha value is -2.06. The molecule has 23 heavy (non-hydrogen) atoms. The molecule has 126 valence electrons. The molecule has 0 amide bonds. The van der Waals surface area contributed by atoms with Gasteiger partial charge in [0.15, 0.2) is 0 Å². The van der Waals surface area contributed by atoms with E-state index in [1.165, 1.54) is 19.2 Å². The number of carbonyl (C=O) groups is 1. The van der Waals surface area contributed by atoms with E-state index in [0.717, 1.165) is 6.21 Å². The summed E-state index contributed by atoms with van der Waals surface area (Å²) < 4.78 is 15.2. The zero-order valence-corrected chi connectivity index (χ0v) is 13.4. The van der Waals surface area contributed by atoms with E-state index in [0.29, 0.717) is 6.42 Å². The molecule has 10 heteroatoms. The van der Waals surface area contributed by atoms with Gasteiger partial charge < -0.3 is 20.0 Å². The Morgan fingerprint density at radius 3 is 2.65 bits per heavy atom. The number of hydrogen-bond acceptors (Lipinski definition) is 6. The number of rotatable bonds is 7. The molecule has 0 unspecified atom stereocenters. The molecule has 1 aromatic heterocycles. The molecule has 0 bridgehead atoms. The first-order chi connectivity index (χ1) is 10.7. The molecule has 0 aliphatic carbocycles. The van der Waals surface area contributed by atoms with Crippen LogP contribution in [0.1, 0.15) is 30.2 Å². The lowest BCUT2D eigenvalue weighted by Gasteiger charge is -2.10. The van der Waals surface area contributed by atoms with Crippen LogP contribution in [-0.4, -0.2) is 37.2 Å². The second-order valence-electron chi connectivity index (χ2n) is 4.46. The maximum absolute atomic E-state index is 11.0. The summed E-state index contributed by atoms with van der Waals surface area (Å²) in [7, 11) is -4.70. The predicted molar refractivity (Wildman–Crippen MR) is 81.1 cm³/mol. The first-order valence-electron chi connectivity index (χ1n) is 6.50. The van der Waals surface area contributed by atoms with Crippen molar-refractivity contribution in [1.82, 2.24) is 4.98 Å². The highest BCUT2D eigenvalue weighted by Crippen LogP contribution is 2.37. The van der Waals surface area contributed by atoms with Gasteiger partial charge in [-0.1, -0.05) is 13.0 Å². The molecule has 0 fully saturated rings. The molecule has 0 radical (unpaired) electrons. The van der Waals surface area contributed by atoms with E-state index < -0.39 is 20.4 Å². The second kappa shape index (κ2) is 7.98. The molecule has 1 aromatic rings. The number of phosphoric ester groups is 1. The SMILES string of the molecule is CC/C=C(/N=Cc1c(COP(=O)(O)O)cnc(C)c1O)C(=O)O. The highest BCUT2D eigenvalue weighted by atomic mass is 31.2. The lowest BCUT2D eigenvalue weighted by atomic mass is 10.1. The van der Waals surface area contributed by atoms with Crippen molar-refractivity contribution in [3.8, 4) is 5.75 Å². The van der Waals surface area contributed by atoms with Gasteiger partial charge >= 0.3 is 13.8 Å². The number of aryl methyl sites for hydroxylation is 1. The number of hydrogen-bond donors (Lipinski definition) is 4. The highest BCUT2D eigenvalue weighted by molar-refractivity contribution is 7.46. The topological polar surface area (TPSA) is 150 Å². The van der Waals surface area contributed by atoms with Crippen LogP contribution in [0.5, 0.6) is 5.75 Å². The summed E-state index contributed by atoms with van der Waals surface area (Å²) in [5.74, 6) is -1.51. The lowest BCUT2D eigenvalue weighted by Crippen LogP contribution is -2.02. The third-order valence-electron chi connectivity index (χ3n) is 2.70. The van der Waals surface area contributed by atoms with Crippen LogP contribution in [-0.2, 0) is 20.5 Å². The molecule has 0 aliphatic rings. The van der Waals surface area contributed by atoms with Crippen LogP contribution in [0.4, 0.5) is 0 Å². The fourth-order valence-electron chi connectivity index (χ4n) is 1.59. The van der Waals surface area contributed by atoms with Crippen molar-refractivity contribution >= 4 is 20.0 Å². The molecular weight excluding hydrogens is 327 g/mol. The largest absolute Gasteiger partial charge is 0.505 e.